The van der Waals surface area contributed by atoms with Crippen LogP contribution >= 0.6 is 11.3 Å². The lowest BCUT2D eigenvalue weighted by atomic mass is 9.84. The van der Waals surface area contributed by atoms with Crippen molar-refractivity contribution in [1.82, 2.24) is 25.4 Å². The van der Waals surface area contributed by atoms with Crippen molar-refractivity contribution in [3.05, 3.63) is 35.0 Å². The Labute approximate surface area is 171 Å². The summed E-state index contributed by atoms with van der Waals surface area (Å²) in [5.41, 5.74) is 2.38. The number of fused-ring (bicyclic) bond motifs is 4. The lowest BCUT2D eigenvalue weighted by Gasteiger charge is -2.44. The number of carbonyl (C=O) groups excluding carboxylic acids is 1. The van der Waals surface area contributed by atoms with E-state index in [0.29, 0.717) is 11.6 Å². The van der Waals surface area contributed by atoms with Gasteiger partial charge in [0.15, 0.2) is 5.69 Å². The lowest BCUT2D eigenvalue weighted by Crippen LogP contribution is -2.57. The molecule has 9 heteroatoms. The first-order valence-electron chi connectivity index (χ1n) is 9.61. The minimum Gasteiger partial charge on any atom is -0.483 e. The predicted molar refractivity (Wildman–Crippen MR) is 111 cm³/mol. The number of nitrogens with one attached hydrogen (secondary N) is 2. The number of hydrogen-bond acceptors (Lipinski definition) is 6. The zero-order chi connectivity index (χ0) is 20.4. The van der Waals surface area contributed by atoms with Gasteiger partial charge in [0, 0.05) is 34.6 Å². The van der Waals surface area contributed by atoms with Crippen molar-refractivity contribution in [3.63, 3.8) is 0 Å². The summed E-state index contributed by atoms with van der Waals surface area (Å²) in [5.74, 6) is 0.519. The third-order valence-corrected chi connectivity index (χ3v) is 6.58. The quantitative estimate of drug-likeness (QED) is 0.569. The van der Waals surface area contributed by atoms with Crippen molar-refractivity contribution >= 4 is 34.6 Å². The van der Waals surface area contributed by atoms with Crippen LogP contribution in [0.5, 0.6) is 0 Å². The molecular formula is C20H23N5O3S. The smallest absolute Gasteiger partial charge is 0.290 e. The molecule has 3 fully saturated rings. The van der Waals surface area contributed by atoms with Gasteiger partial charge in [-0.25, -0.2) is 4.98 Å². The minimum absolute atomic E-state index is 0.0810. The molecule has 0 radical (unpaired) electrons. The summed E-state index contributed by atoms with van der Waals surface area (Å²) in [6.07, 6.45) is 4.24. The normalized spacial score (nSPS) is 22.7. The van der Waals surface area contributed by atoms with Gasteiger partial charge in [-0.15, -0.1) is 11.3 Å². The molecule has 0 unspecified atom stereocenters. The molecule has 0 aliphatic carbocycles. The molecule has 1 amide bonds. The van der Waals surface area contributed by atoms with E-state index >= 15 is 0 Å². The second-order valence-corrected chi connectivity index (χ2v) is 8.67. The van der Waals surface area contributed by atoms with Gasteiger partial charge in [-0.1, -0.05) is 0 Å². The summed E-state index contributed by atoms with van der Waals surface area (Å²) in [4.78, 5) is 29.3. The van der Waals surface area contributed by atoms with Crippen LogP contribution in [0, 0.1) is 12.8 Å². The first kappa shape index (κ1) is 19.5. The van der Waals surface area contributed by atoms with Crippen LogP contribution in [0.2, 0.25) is 0 Å². The van der Waals surface area contributed by atoms with E-state index in [-0.39, 0.29) is 18.4 Å². The maximum absolute atomic E-state index is 12.9. The van der Waals surface area contributed by atoms with Crippen LogP contribution in [0.1, 0.15) is 28.2 Å². The average Bonchev–Trinajstić information content (AvgIpc) is 3.35. The van der Waals surface area contributed by atoms with Gasteiger partial charge in [-0.05, 0) is 57.0 Å². The Morgan fingerprint density at radius 3 is 2.76 bits per heavy atom. The molecule has 1 aromatic carbocycles. The van der Waals surface area contributed by atoms with Crippen LogP contribution in [0.4, 0.5) is 0 Å². The Bertz CT molecular complexity index is 1020. The number of H-pyrrole nitrogens is 1. The molecule has 3 N–H and O–H groups in total. The molecule has 2 aromatic heterocycles. The number of rotatable bonds is 3. The zero-order valence-corrected chi connectivity index (χ0v) is 16.9. The minimum atomic E-state index is -0.250. The number of benzene rings is 1. The molecule has 8 nitrogen and oxygen atoms in total. The molecule has 3 aliphatic rings. The molecule has 152 valence electrons. The van der Waals surface area contributed by atoms with Crippen molar-refractivity contribution in [3.8, 4) is 10.6 Å². The fourth-order valence-corrected chi connectivity index (χ4v) is 4.93. The van der Waals surface area contributed by atoms with E-state index in [1.165, 1.54) is 30.8 Å². The number of hydrogen-bond donors (Lipinski definition) is 3. The van der Waals surface area contributed by atoms with Crippen molar-refractivity contribution in [2.75, 3.05) is 19.6 Å². The molecule has 2 bridgehead atoms. The van der Waals surface area contributed by atoms with Crippen molar-refractivity contribution in [1.29, 1.82) is 0 Å². The lowest BCUT2D eigenvalue weighted by molar-refractivity contribution is -0.122. The maximum atomic E-state index is 12.9. The molecule has 3 aliphatic heterocycles. The van der Waals surface area contributed by atoms with Gasteiger partial charge >= 0.3 is 0 Å². The summed E-state index contributed by atoms with van der Waals surface area (Å²) in [5, 5.41) is 19.2. The molecule has 0 saturated carbocycles. The number of aromatic amines is 1. The van der Waals surface area contributed by atoms with Crippen LogP contribution in [-0.4, -0.2) is 63.2 Å². The third-order valence-electron chi connectivity index (χ3n) is 5.62. The number of amides is 1. The Morgan fingerprint density at radius 1 is 1.38 bits per heavy atom. The SMILES string of the molecule is Cc1cnc(-c2ccc3[nH]nc(C(=O)N[C@@H]4CN5CCC4CC5)c3c2)s1.O=CO. The standard InChI is InChI=1S/C19H21N5OS.CH2O2/c1-11-9-20-19(26-11)13-2-3-15-14(8-13)17(23-22-15)18(25)21-16-10-24-6-4-12(16)5-7-24;2-1-3/h2-3,8-9,12,16H,4-7,10H2,1H3,(H,21,25)(H,22,23);1H,(H,2,3)/t16-;/m1./s1. The molecular weight excluding hydrogens is 390 g/mol. The second kappa shape index (κ2) is 8.30. The van der Waals surface area contributed by atoms with Gasteiger partial charge in [0.2, 0.25) is 0 Å². The van der Waals surface area contributed by atoms with Gasteiger partial charge in [-0.3, -0.25) is 14.7 Å². The highest BCUT2D eigenvalue weighted by molar-refractivity contribution is 7.14. The van der Waals surface area contributed by atoms with Gasteiger partial charge in [0.1, 0.15) is 5.01 Å². The van der Waals surface area contributed by atoms with Gasteiger partial charge < -0.3 is 15.3 Å². The number of aryl methyl sites for hydroxylation is 1. The van der Waals surface area contributed by atoms with Gasteiger partial charge in [0.05, 0.1) is 5.52 Å². The molecule has 1 atom stereocenters. The molecule has 3 saturated heterocycles. The maximum Gasteiger partial charge on any atom is 0.290 e. The highest BCUT2D eigenvalue weighted by Gasteiger charge is 2.35. The highest BCUT2D eigenvalue weighted by Crippen LogP contribution is 2.30. The van der Waals surface area contributed by atoms with E-state index in [0.717, 1.165) is 28.0 Å². The summed E-state index contributed by atoms with van der Waals surface area (Å²) in [6.45, 7) is 5.09. The monoisotopic (exact) mass is 413 g/mol. The Kier molecular flexibility index (Phi) is 5.59. The van der Waals surface area contributed by atoms with Crippen LogP contribution in [0.3, 0.4) is 0 Å². The molecule has 0 spiro atoms. The number of carboxylic acid groups (broad SMARTS) is 1. The molecule has 3 aromatic rings. The third kappa shape index (κ3) is 4.01. The van der Waals surface area contributed by atoms with E-state index in [1.54, 1.807) is 11.3 Å². The second-order valence-electron chi connectivity index (χ2n) is 7.43. The van der Waals surface area contributed by atoms with Crippen molar-refractivity contribution < 1.29 is 14.7 Å². The number of aromatic nitrogens is 3. The van der Waals surface area contributed by atoms with E-state index < -0.39 is 0 Å². The summed E-state index contributed by atoms with van der Waals surface area (Å²) in [6, 6.07) is 6.25. The largest absolute Gasteiger partial charge is 0.483 e. The predicted octanol–water partition coefficient (Wildman–Crippen LogP) is 2.52. The Balaban J connectivity index is 0.000000645. The number of carbonyl (C=O) groups is 2. The van der Waals surface area contributed by atoms with Crippen molar-refractivity contribution in [2.24, 2.45) is 5.92 Å². The first-order chi connectivity index (χ1) is 14.1. The first-order valence-corrected chi connectivity index (χ1v) is 10.4. The Morgan fingerprint density at radius 2 is 2.14 bits per heavy atom. The van der Waals surface area contributed by atoms with Gasteiger partial charge in [0.25, 0.3) is 12.4 Å². The fraction of sp³-hybridized carbons (Fsp3) is 0.400. The molecule has 29 heavy (non-hydrogen) atoms. The highest BCUT2D eigenvalue weighted by atomic mass is 32.1. The summed E-state index contributed by atoms with van der Waals surface area (Å²) < 4.78 is 0. The Hall–Kier alpha value is -2.78. The van der Waals surface area contributed by atoms with Crippen molar-refractivity contribution in [2.45, 2.75) is 25.8 Å². The van der Waals surface area contributed by atoms with Crippen LogP contribution < -0.4 is 5.32 Å². The van der Waals surface area contributed by atoms with Gasteiger partial charge in [-0.2, -0.15) is 5.10 Å². The van der Waals surface area contributed by atoms with Crippen LogP contribution in [0.25, 0.3) is 21.5 Å². The van der Waals surface area contributed by atoms with E-state index in [2.05, 4.69) is 25.4 Å². The topological polar surface area (TPSA) is 111 Å². The van der Waals surface area contributed by atoms with E-state index in [9.17, 15) is 4.79 Å². The van der Waals surface area contributed by atoms with E-state index in [4.69, 9.17) is 9.90 Å². The van der Waals surface area contributed by atoms with Crippen LogP contribution in [0.15, 0.2) is 24.4 Å². The molecule has 5 heterocycles. The summed E-state index contributed by atoms with van der Waals surface area (Å²) >= 11 is 1.66. The number of nitrogens with zero attached hydrogens (tertiary/aromatic N) is 3. The number of thiazole rings is 1. The van der Waals surface area contributed by atoms with E-state index in [1.807, 2.05) is 31.3 Å². The van der Waals surface area contributed by atoms with Crippen LogP contribution in [-0.2, 0) is 4.79 Å². The number of piperidine rings is 3. The summed E-state index contributed by atoms with van der Waals surface area (Å²) in [7, 11) is 0. The molecule has 6 rings (SSSR count). The average molecular weight is 414 g/mol. The zero-order valence-electron chi connectivity index (χ0n) is 16.1. The fourth-order valence-electron chi connectivity index (χ4n) is 4.17.